The van der Waals surface area contributed by atoms with E-state index < -0.39 is 5.92 Å². The van der Waals surface area contributed by atoms with Gasteiger partial charge >= 0.3 is 0 Å². The summed E-state index contributed by atoms with van der Waals surface area (Å²) < 4.78 is 4.82. The molecule has 7 heteroatoms. The predicted molar refractivity (Wildman–Crippen MR) is 77.7 cm³/mol. The fourth-order valence-electron chi connectivity index (χ4n) is 1.58. The summed E-state index contributed by atoms with van der Waals surface area (Å²) >= 11 is 4.89. The van der Waals surface area contributed by atoms with Crippen molar-refractivity contribution < 1.29 is 14.3 Å². The number of nitrogens with two attached hydrogens (primary N) is 1. The molecule has 0 fully saturated rings. The van der Waals surface area contributed by atoms with Crippen LogP contribution in [0.25, 0.3) is 0 Å². The average Bonchev–Trinajstić information content (AvgIpc) is 2.35. The maximum absolute atomic E-state index is 12.1. The van der Waals surface area contributed by atoms with Gasteiger partial charge in [-0.3, -0.25) is 9.59 Å². The second kappa shape index (κ2) is 9.69. The molecule has 0 saturated heterocycles. The number of ether oxygens (including phenoxy) is 1. The van der Waals surface area contributed by atoms with Crippen molar-refractivity contribution in [2.24, 2.45) is 11.7 Å². The van der Waals surface area contributed by atoms with Crippen molar-refractivity contribution in [2.75, 3.05) is 33.9 Å². The van der Waals surface area contributed by atoms with Crippen LogP contribution in [0.2, 0.25) is 0 Å². The molecule has 0 bridgehead atoms. The number of nitrogens with one attached hydrogen (secondary N) is 1. The normalized spacial score (nSPS) is 11.7. The molecule has 0 spiro atoms. The van der Waals surface area contributed by atoms with E-state index in [4.69, 9.17) is 22.7 Å². The van der Waals surface area contributed by atoms with Gasteiger partial charge in [0, 0.05) is 20.7 Å². The molecule has 0 aliphatic rings. The summed E-state index contributed by atoms with van der Waals surface area (Å²) in [5, 5.41) is 2.65. The number of carbonyl (C=O) groups excluding carboxylic acids is 2. The van der Waals surface area contributed by atoms with Gasteiger partial charge < -0.3 is 20.7 Å². The number of hydrogen-bond donors (Lipinski definition) is 2. The summed E-state index contributed by atoms with van der Waals surface area (Å²) in [6.07, 6.45) is 1.41. The van der Waals surface area contributed by atoms with Gasteiger partial charge in [0.25, 0.3) is 0 Å². The van der Waals surface area contributed by atoms with Crippen LogP contribution in [0.5, 0.6) is 0 Å². The van der Waals surface area contributed by atoms with Crippen LogP contribution in [0.1, 0.15) is 19.8 Å². The van der Waals surface area contributed by atoms with E-state index in [9.17, 15) is 9.59 Å². The van der Waals surface area contributed by atoms with Crippen LogP contribution in [0.4, 0.5) is 0 Å². The van der Waals surface area contributed by atoms with E-state index in [2.05, 4.69) is 5.32 Å². The first-order valence-electron chi connectivity index (χ1n) is 6.23. The summed E-state index contributed by atoms with van der Waals surface area (Å²) in [5.41, 5.74) is 5.56. The number of likely N-dealkylation sites (N-methyl/N-ethyl adjacent to an activating group) is 1. The maximum Gasteiger partial charge on any atom is 0.239 e. The van der Waals surface area contributed by atoms with Crippen LogP contribution >= 0.6 is 12.2 Å². The fraction of sp³-hybridized carbons (Fsp3) is 0.750. The topological polar surface area (TPSA) is 84.7 Å². The van der Waals surface area contributed by atoms with E-state index in [1.54, 1.807) is 14.2 Å². The van der Waals surface area contributed by atoms with Gasteiger partial charge in [-0.1, -0.05) is 25.6 Å². The largest absolute Gasteiger partial charge is 0.393 e. The van der Waals surface area contributed by atoms with Crippen LogP contribution in [-0.2, 0) is 14.3 Å². The number of hydrogen-bond acceptors (Lipinski definition) is 4. The second-order valence-corrected chi connectivity index (χ2v) is 4.75. The third-order valence-corrected chi connectivity index (χ3v) is 2.89. The molecule has 1 atom stereocenters. The van der Waals surface area contributed by atoms with Crippen molar-refractivity contribution in [3.8, 4) is 0 Å². The molecule has 0 saturated carbocycles. The quantitative estimate of drug-likeness (QED) is 0.458. The smallest absolute Gasteiger partial charge is 0.239 e. The third kappa shape index (κ3) is 7.07. The fourth-order valence-corrected chi connectivity index (χ4v) is 1.80. The molecule has 0 aromatic heterocycles. The number of methoxy groups -OCH3 is 1. The molecule has 0 radical (unpaired) electrons. The van der Waals surface area contributed by atoms with Gasteiger partial charge in [-0.15, -0.1) is 0 Å². The minimum Gasteiger partial charge on any atom is -0.393 e. The first-order chi connectivity index (χ1) is 8.93. The molecule has 6 nitrogen and oxygen atoms in total. The highest BCUT2D eigenvalue weighted by Crippen LogP contribution is 2.10. The highest BCUT2D eigenvalue weighted by atomic mass is 32.1. The second-order valence-electron chi connectivity index (χ2n) is 4.28. The number of carbonyl (C=O) groups is 2. The Morgan fingerprint density at radius 3 is 2.58 bits per heavy atom. The number of rotatable bonds is 9. The Labute approximate surface area is 119 Å². The van der Waals surface area contributed by atoms with Crippen LogP contribution in [0.3, 0.4) is 0 Å². The lowest BCUT2D eigenvalue weighted by atomic mass is 10.0. The monoisotopic (exact) mass is 289 g/mol. The van der Waals surface area contributed by atoms with Crippen molar-refractivity contribution in [1.82, 2.24) is 10.2 Å². The van der Waals surface area contributed by atoms with Gasteiger partial charge in [-0.2, -0.15) is 0 Å². The van der Waals surface area contributed by atoms with E-state index in [0.717, 1.165) is 6.42 Å². The van der Waals surface area contributed by atoms with Gasteiger partial charge in [0.05, 0.1) is 24.1 Å². The summed E-state index contributed by atoms with van der Waals surface area (Å²) in [5.74, 6) is -0.931. The molecule has 0 aliphatic carbocycles. The van der Waals surface area contributed by atoms with Crippen molar-refractivity contribution in [2.45, 2.75) is 19.8 Å². The predicted octanol–water partition coefficient (Wildman–Crippen LogP) is -0.0902. The van der Waals surface area contributed by atoms with Gasteiger partial charge in [-0.05, 0) is 6.42 Å². The molecule has 110 valence electrons. The van der Waals surface area contributed by atoms with E-state index in [1.165, 1.54) is 4.90 Å². The number of amides is 2. The highest BCUT2D eigenvalue weighted by molar-refractivity contribution is 7.80. The lowest BCUT2D eigenvalue weighted by Gasteiger charge is -2.22. The van der Waals surface area contributed by atoms with Crippen LogP contribution in [-0.4, -0.2) is 55.6 Å². The zero-order chi connectivity index (χ0) is 14.8. The van der Waals surface area contributed by atoms with Crippen molar-refractivity contribution in [3.63, 3.8) is 0 Å². The van der Waals surface area contributed by atoms with Crippen molar-refractivity contribution in [3.05, 3.63) is 0 Å². The molecule has 0 heterocycles. The summed E-state index contributed by atoms with van der Waals surface area (Å²) in [6.45, 7) is 2.81. The molecule has 0 aromatic carbocycles. The van der Waals surface area contributed by atoms with Crippen LogP contribution in [0.15, 0.2) is 0 Å². The van der Waals surface area contributed by atoms with E-state index in [1.807, 2.05) is 6.92 Å². The summed E-state index contributed by atoms with van der Waals surface area (Å²) in [6, 6.07) is 0. The highest BCUT2D eigenvalue weighted by Gasteiger charge is 2.24. The summed E-state index contributed by atoms with van der Waals surface area (Å²) in [7, 11) is 3.12. The molecule has 3 N–H and O–H groups in total. The standard InChI is InChI=1S/C12H23N3O3S/c1-4-5-9(11(13)19)12(17)15(2)8-10(16)14-6-7-18-3/h9H,4-8H2,1-3H3,(H2,13,19)(H,14,16). The van der Waals surface area contributed by atoms with Gasteiger partial charge in [-0.25, -0.2) is 0 Å². The molecule has 19 heavy (non-hydrogen) atoms. The molecular formula is C12H23N3O3S. The Kier molecular flexibility index (Phi) is 9.07. The minimum absolute atomic E-state index is 0.00856. The molecule has 0 aliphatic heterocycles. The Balaban J connectivity index is 4.30. The molecule has 0 aromatic rings. The third-order valence-electron chi connectivity index (χ3n) is 2.60. The number of nitrogens with zero attached hydrogens (tertiary/aromatic N) is 1. The lowest BCUT2D eigenvalue weighted by molar-refractivity contribution is -0.136. The van der Waals surface area contributed by atoms with Crippen molar-refractivity contribution in [1.29, 1.82) is 0 Å². The maximum atomic E-state index is 12.1. The zero-order valence-corrected chi connectivity index (χ0v) is 12.6. The lowest BCUT2D eigenvalue weighted by Crippen LogP contribution is -2.44. The molecule has 1 unspecified atom stereocenters. The molecule has 0 rings (SSSR count). The molecule has 2 amide bonds. The van der Waals surface area contributed by atoms with Gasteiger partial charge in [0.15, 0.2) is 0 Å². The summed E-state index contributed by atoms with van der Waals surface area (Å²) in [4.78, 5) is 25.2. The van der Waals surface area contributed by atoms with E-state index in [-0.39, 0.29) is 23.3 Å². The zero-order valence-electron chi connectivity index (χ0n) is 11.8. The SMILES string of the molecule is CCCC(C(=O)N(C)CC(=O)NCCOC)C(N)=S. The first kappa shape index (κ1) is 17.8. The van der Waals surface area contributed by atoms with Gasteiger partial charge in [0.1, 0.15) is 0 Å². The minimum atomic E-state index is -0.489. The average molecular weight is 289 g/mol. The Bertz CT molecular complexity index is 323. The molecular weight excluding hydrogens is 266 g/mol. The Hall–Kier alpha value is -1.21. The van der Waals surface area contributed by atoms with Crippen molar-refractivity contribution >= 4 is 29.0 Å². The van der Waals surface area contributed by atoms with Crippen LogP contribution < -0.4 is 11.1 Å². The van der Waals surface area contributed by atoms with Crippen LogP contribution in [0, 0.1) is 5.92 Å². The Morgan fingerprint density at radius 2 is 2.11 bits per heavy atom. The van der Waals surface area contributed by atoms with Gasteiger partial charge in [0.2, 0.25) is 11.8 Å². The van der Waals surface area contributed by atoms with E-state index >= 15 is 0 Å². The van der Waals surface area contributed by atoms with E-state index in [0.29, 0.717) is 19.6 Å². The Morgan fingerprint density at radius 1 is 1.47 bits per heavy atom. The number of thiocarbonyl (C=S) groups is 1. The first-order valence-corrected chi connectivity index (χ1v) is 6.64.